The fraction of sp³-hybridized carbons (Fsp3) is 0.167. The molecular weight excluding hydrogens is 236 g/mol. The van der Waals surface area contributed by atoms with Crippen LogP contribution in [0, 0.1) is 31.8 Å². The van der Waals surface area contributed by atoms with Crippen LogP contribution in [0.25, 0.3) is 4.85 Å². The minimum absolute atomic E-state index is 0.199. The predicted octanol–water partition coefficient (Wildman–Crippen LogP) is 4.11. The van der Waals surface area contributed by atoms with Gasteiger partial charge in [0.15, 0.2) is 0 Å². The number of nitrogens with zero attached hydrogens (tertiary/aromatic N) is 2. The maximum absolute atomic E-state index is 8.86. The van der Waals surface area contributed by atoms with Crippen molar-refractivity contribution in [2.24, 2.45) is 0 Å². The maximum atomic E-state index is 8.86. The van der Waals surface area contributed by atoms with Crippen molar-refractivity contribution in [1.82, 2.24) is 0 Å². The summed E-state index contributed by atoms with van der Waals surface area (Å²) in [6.45, 7) is 11.1. The van der Waals surface area contributed by atoms with Gasteiger partial charge in [-0.1, -0.05) is 35.7 Å². The number of hydrogen-bond donors (Lipinski definition) is 0. The van der Waals surface area contributed by atoms with Crippen LogP contribution < -0.4 is 0 Å². The number of fused-ring (bicyclic) bond motifs is 1. The van der Waals surface area contributed by atoms with Crippen LogP contribution in [0.4, 0.5) is 0 Å². The lowest BCUT2D eigenvalue weighted by atomic mass is 10.2. The van der Waals surface area contributed by atoms with Crippen molar-refractivity contribution < 1.29 is 0 Å². The molecule has 0 radical (unpaired) electrons. The van der Waals surface area contributed by atoms with Crippen LogP contribution in [0.15, 0.2) is 31.9 Å². The molecule has 0 unspecified atom stereocenters. The van der Waals surface area contributed by atoms with Crippen molar-refractivity contribution in [2.75, 3.05) is 0 Å². The Hall–Kier alpha value is -1.36. The summed E-state index contributed by atoms with van der Waals surface area (Å²) in [5.74, 6) is 0. The minimum Gasteiger partial charge on any atom is -0.225 e. The summed E-state index contributed by atoms with van der Waals surface area (Å²) in [4.78, 5) is 5.64. The Labute approximate surface area is 103 Å². The van der Waals surface area contributed by atoms with Crippen LogP contribution in [-0.4, -0.2) is 0 Å². The van der Waals surface area contributed by atoms with Crippen molar-refractivity contribution in [1.29, 1.82) is 5.26 Å². The molecule has 0 fully saturated rings. The molecule has 2 nitrogen and oxygen atoms in total. The van der Waals surface area contributed by atoms with Crippen LogP contribution in [-0.2, 0) is 0 Å². The molecule has 78 valence electrons. The Morgan fingerprint density at radius 1 is 1.25 bits per heavy atom. The van der Waals surface area contributed by atoms with Gasteiger partial charge in [0.2, 0.25) is 0 Å². The van der Waals surface area contributed by atoms with Gasteiger partial charge in [-0.2, -0.15) is 0 Å². The SMILES string of the molecule is [C-]#[N+]C(C#N)=C1Sc2c(C)ccc(C)c2S1. The first-order valence-electron chi connectivity index (χ1n) is 4.65. The quantitative estimate of drug-likeness (QED) is 0.508. The molecule has 1 heterocycles. The number of thioether (sulfide) groups is 2. The molecule has 4 heteroatoms. The number of hydrogen-bond acceptors (Lipinski definition) is 3. The third kappa shape index (κ3) is 1.71. The Morgan fingerprint density at radius 2 is 1.75 bits per heavy atom. The number of nitriles is 1. The van der Waals surface area contributed by atoms with Crippen molar-refractivity contribution in [3.8, 4) is 6.07 Å². The average molecular weight is 244 g/mol. The number of aryl methyl sites for hydroxylation is 2. The first-order valence-corrected chi connectivity index (χ1v) is 6.28. The summed E-state index contributed by atoms with van der Waals surface area (Å²) in [5, 5.41) is 8.86. The third-order valence-corrected chi connectivity index (χ3v) is 5.15. The smallest absolute Gasteiger partial charge is 0.225 e. The van der Waals surface area contributed by atoms with E-state index in [-0.39, 0.29) is 5.70 Å². The molecule has 0 aromatic heterocycles. The van der Waals surface area contributed by atoms with E-state index in [0.29, 0.717) is 0 Å². The Balaban J connectivity index is 2.55. The van der Waals surface area contributed by atoms with Gasteiger partial charge in [0.05, 0.1) is 16.9 Å². The first kappa shape index (κ1) is 11.1. The minimum atomic E-state index is 0.199. The molecule has 1 aromatic rings. The van der Waals surface area contributed by atoms with Gasteiger partial charge >= 0.3 is 0 Å². The van der Waals surface area contributed by atoms with E-state index in [1.807, 2.05) is 6.07 Å². The zero-order valence-electron chi connectivity index (χ0n) is 8.87. The van der Waals surface area contributed by atoms with E-state index in [1.54, 1.807) is 23.5 Å². The summed E-state index contributed by atoms with van der Waals surface area (Å²) in [6, 6.07) is 6.11. The van der Waals surface area contributed by atoms with E-state index < -0.39 is 0 Å². The summed E-state index contributed by atoms with van der Waals surface area (Å²) < 4.78 is 0.810. The number of benzene rings is 1. The highest BCUT2D eigenvalue weighted by molar-refractivity contribution is 8.24. The molecule has 0 saturated heterocycles. The Morgan fingerprint density at radius 3 is 2.12 bits per heavy atom. The van der Waals surface area contributed by atoms with Crippen LogP contribution in [0.3, 0.4) is 0 Å². The molecule has 0 amide bonds. The molecule has 0 spiro atoms. The molecule has 0 atom stereocenters. The molecule has 1 aliphatic heterocycles. The second-order valence-corrected chi connectivity index (χ2v) is 5.72. The van der Waals surface area contributed by atoms with Crippen LogP contribution in [0.1, 0.15) is 11.1 Å². The highest BCUT2D eigenvalue weighted by atomic mass is 32.2. The summed E-state index contributed by atoms with van der Waals surface area (Å²) >= 11 is 3.08. The zero-order chi connectivity index (χ0) is 11.7. The maximum Gasteiger partial charge on any atom is 0.282 e. The second kappa shape index (κ2) is 4.25. The normalized spacial score (nSPS) is 12.9. The van der Waals surface area contributed by atoms with Gasteiger partial charge in [-0.3, -0.25) is 0 Å². The van der Waals surface area contributed by atoms with E-state index in [4.69, 9.17) is 11.8 Å². The van der Waals surface area contributed by atoms with E-state index >= 15 is 0 Å². The standard InChI is InChI=1S/C12H8N2S2/c1-7-4-5-8(2)11-10(7)15-12(16-11)9(6-13)14-3/h4-5H,1-2H3. The molecule has 0 aliphatic carbocycles. The third-order valence-electron chi connectivity index (χ3n) is 2.31. The van der Waals surface area contributed by atoms with Crippen molar-refractivity contribution in [3.63, 3.8) is 0 Å². The first-order chi connectivity index (χ1) is 7.67. The molecule has 0 N–H and O–H groups in total. The summed E-state index contributed by atoms with van der Waals surface area (Å²) in [7, 11) is 0. The van der Waals surface area contributed by atoms with Gasteiger partial charge < -0.3 is 0 Å². The van der Waals surface area contributed by atoms with Crippen molar-refractivity contribution in [3.05, 3.63) is 44.6 Å². The van der Waals surface area contributed by atoms with Crippen LogP contribution >= 0.6 is 23.5 Å². The summed E-state index contributed by atoms with van der Waals surface area (Å²) in [6.07, 6.45) is 0. The highest BCUT2D eigenvalue weighted by Crippen LogP contribution is 2.54. The molecule has 2 rings (SSSR count). The van der Waals surface area contributed by atoms with Crippen LogP contribution in [0.2, 0.25) is 0 Å². The lowest BCUT2D eigenvalue weighted by molar-refractivity contribution is 1.13. The second-order valence-electron chi connectivity index (χ2n) is 3.42. The molecular formula is C12H8N2S2. The van der Waals surface area contributed by atoms with Crippen LogP contribution in [0.5, 0.6) is 0 Å². The van der Waals surface area contributed by atoms with Gasteiger partial charge in [0.25, 0.3) is 5.70 Å². The molecule has 0 bridgehead atoms. The lowest BCUT2D eigenvalue weighted by Crippen LogP contribution is -1.82. The van der Waals surface area contributed by atoms with Crippen molar-refractivity contribution in [2.45, 2.75) is 23.6 Å². The van der Waals surface area contributed by atoms with E-state index in [2.05, 4.69) is 30.8 Å². The van der Waals surface area contributed by atoms with Gasteiger partial charge in [0, 0.05) is 9.79 Å². The van der Waals surface area contributed by atoms with E-state index in [0.717, 1.165) is 4.24 Å². The largest absolute Gasteiger partial charge is 0.282 e. The van der Waals surface area contributed by atoms with E-state index in [1.165, 1.54) is 20.9 Å². The molecule has 16 heavy (non-hydrogen) atoms. The monoisotopic (exact) mass is 244 g/mol. The van der Waals surface area contributed by atoms with Gasteiger partial charge in [-0.25, -0.2) is 10.1 Å². The molecule has 1 aliphatic rings. The Bertz CT molecular complexity index is 525. The van der Waals surface area contributed by atoms with Gasteiger partial charge in [-0.05, 0) is 25.0 Å². The topological polar surface area (TPSA) is 28.1 Å². The average Bonchev–Trinajstić information content (AvgIpc) is 2.71. The summed E-state index contributed by atoms with van der Waals surface area (Å²) in [5.41, 5.74) is 2.61. The Kier molecular flexibility index (Phi) is 2.96. The van der Waals surface area contributed by atoms with E-state index in [9.17, 15) is 0 Å². The predicted molar refractivity (Wildman–Crippen MR) is 66.9 cm³/mol. The number of rotatable bonds is 0. The highest BCUT2D eigenvalue weighted by Gasteiger charge is 2.24. The zero-order valence-corrected chi connectivity index (χ0v) is 10.5. The fourth-order valence-electron chi connectivity index (χ4n) is 1.43. The molecule has 0 saturated carbocycles. The number of allylic oxidation sites excluding steroid dienone is 1. The fourth-order valence-corrected chi connectivity index (χ4v) is 4.06. The lowest BCUT2D eigenvalue weighted by Gasteiger charge is -2.03. The van der Waals surface area contributed by atoms with Gasteiger partial charge in [0.1, 0.15) is 0 Å². The van der Waals surface area contributed by atoms with Crippen molar-refractivity contribution >= 4 is 23.5 Å². The van der Waals surface area contributed by atoms with Gasteiger partial charge in [-0.15, -0.1) is 0 Å². The molecule has 1 aromatic carbocycles.